The molecule has 2 aromatic rings. The molecule has 2 aromatic heterocycles. The van der Waals surface area contributed by atoms with Crippen molar-refractivity contribution in [2.24, 2.45) is 0 Å². The zero-order valence-electron chi connectivity index (χ0n) is 15.2. The van der Waals surface area contributed by atoms with Crippen LogP contribution in [0.3, 0.4) is 0 Å². The number of hydrogen-bond acceptors (Lipinski definition) is 7. The van der Waals surface area contributed by atoms with Gasteiger partial charge in [-0.05, 0) is 40.9 Å². The average molecular weight is 384 g/mol. The van der Waals surface area contributed by atoms with Crippen molar-refractivity contribution in [2.45, 2.75) is 25.7 Å². The second-order valence-electron chi connectivity index (χ2n) is 6.37. The van der Waals surface area contributed by atoms with E-state index in [9.17, 15) is 19.7 Å². The number of carbonyl (C=O) groups excluding carboxylic acids is 2. The molecular weight excluding hydrogens is 364 g/mol. The largest absolute Gasteiger partial charge is 0.384 e. The van der Waals surface area contributed by atoms with Crippen LogP contribution in [0.2, 0.25) is 0 Å². The zero-order valence-corrected chi connectivity index (χ0v) is 15.2. The summed E-state index contributed by atoms with van der Waals surface area (Å²) in [5.41, 5.74) is 6.92. The summed E-state index contributed by atoms with van der Waals surface area (Å²) in [5, 5.41) is 10.4. The van der Waals surface area contributed by atoms with E-state index in [-0.39, 0.29) is 17.6 Å². The molecule has 10 heteroatoms. The number of nitrogen functional groups attached to an aromatic ring is 1. The molecule has 0 spiro atoms. The number of nitro groups is 1. The van der Waals surface area contributed by atoms with Crippen LogP contribution >= 0.6 is 0 Å². The molecule has 2 N–H and O–H groups in total. The number of hydrogen-bond donors (Lipinski definition) is 1. The van der Waals surface area contributed by atoms with Gasteiger partial charge in [-0.15, -0.1) is 0 Å². The summed E-state index contributed by atoms with van der Waals surface area (Å²) in [7, 11) is 0. The summed E-state index contributed by atoms with van der Waals surface area (Å²) < 4.78 is 0. The molecule has 0 saturated carbocycles. The number of nitrogens with two attached hydrogens (primary N) is 1. The Balaban J connectivity index is 0.000000162. The highest BCUT2D eigenvalue weighted by molar-refractivity contribution is 5.95. The first-order chi connectivity index (χ1) is 13.5. The van der Waals surface area contributed by atoms with Crippen molar-refractivity contribution in [3.05, 3.63) is 46.8 Å². The van der Waals surface area contributed by atoms with Crippen molar-refractivity contribution in [3.8, 4) is 0 Å². The molecule has 10 nitrogen and oxygen atoms in total. The van der Waals surface area contributed by atoms with Gasteiger partial charge >= 0.3 is 5.82 Å². The van der Waals surface area contributed by atoms with Gasteiger partial charge in [0.15, 0.2) is 6.20 Å². The summed E-state index contributed by atoms with van der Waals surface area (Å²) in [6, 6.07) is 6.39. The van der Waals surface area contributed by atoms with Gasteiger partial charge < -0.3 is 25.6 Å². The fourth-order valence-corrected chi connectivity index (χ4v) is 3.05. The second-order valence-corrected chi connectivity index (χ2v) is 6.37. The van der Waals surface area contributed by atoms with Gasteiger partial charge in [0.05, 0.1) is 17.6 Å². The first kappa shape index (κ1) is 19.2. The van der Waals surface area contributed by atoms with Gasteiger partial charge in [0.2, 0.25) is 11.8 Å². The molecule has 4 rings (SSSR count). The Morgan fingerprint density at radius 2 is 1.43 bits per heavy atom. The summed E-state index contributed by atoms with van der Waals surface area (Å²) >= 11 is 0. The van der Waals surface area contributed by atoms with E-state index in [0.717, 1.165) is 25.1 Å². The minimum absolute atomic E-state index is 0.0469. The Bertz CT molecular complexity index is 869. The highest BCUT2D eigenvalue weighted by Gasteiger charge is 2.23. The van der Waals surface area contributed by atoms with Crippen molar-refractivity contribution < 1.29 is 14.5 Å². The van der Waals surface area contributed by atoms with Crippen molar-refractivity contribution in [1.29, 1.82) is 0 Å². The van der Waals surface area contributed by atoms with Crippen molar-refractivity contribution in [3.63, 3.8) is 0 Å². The third-order valence-corrected chi connectivity index (χ3v) is 4.46. The lowest BCUT2D eigenvalue weighted by atomic mass is 10.3. The third kappa shape index (κ3) is 4.40. The monoisotopic (exact) mass is 384 g/mol. The number of pyridine rings is 2. The van der Waals surface area contributed by atoms with E-state index in [2.05, 4.69) is 9.97 Å². The number of rotatable bonds is 3. The van der Waals surface area contributed by atoms with Crippen molar-refractivity contribution in [2.75, 3.05) is 28.6 Å². The second kappa shape index (κ2) is 8.42. The van der Waals surface area contributed by atoms with Crippen LogP contribution < -0.4 is 15.5 Å². The highest BCUT2D eigenvalue weighted by Crippen LogP contribution is 2.22. The molecule has 2 aliphatic heterocycles. The van der Waals surface area contributed by atoms with E-state index in [0.29, 0.717) is 30.9 Å². The average Bonchev–Trinajstić information content (AvgIpc) is 3.31. The van der Waals surface area contributed by atoms with Gasteiger partial charge in [-0.25, -0.2) is 4.98 Å². The molecule has 0 aromatic carbocycles. The molecule has 2 saturated heterocycles. The van der Waals surface area contributed by atoms with Crippen LogP contribution in [0.1, 0.15) is 25.7 Å². The van der Waals surface area contributed by atoms with E-state index < -0.39 is 4.92 Å². The van der Waals surface area contributed by atoms with Gasteiger partial charge in [0.25, 0.3) is 0 Å². The number of carbonyl (C=O) groups is 2. The fourth-order valence-electron chi connectivity index (χ4n) is 3.05. The Morgan fingerprint density at radius 1 is 0.893 bits per heavy atom. The van der Waals surface area contributed by atoms with Gasteiger partial charge in [-0.1, -0.05) is 0 Å². The molecule has 4 heterocycles. The lowest BCUT2D eigenvalue weighted by molar-refractivity contribution is -0.389. The number of nitrogens with zero attached hydrogens (tertiary/aromatic N) is 5. The molecule has 0 radical (unpaired) electrons. The smallest absolute Gasteiger partial charge is 0.363 e. The van der Waals surface area contributed by atoms with E-state index in [1.54, 1.807) is 28.1 Å². The van der Waals surface area contributed by atoms with E-state index in [4.69, 9.17) is 5.73 Å². The molecule has 0 aliphatic carbocycles. The third-order valence-electron chi connectivity index (χ3n) is 4.46. The highest BCUT2D eigenvalue weighted by atomic mass is 16.6. The lowest BCUT2D eigenvalue weighted by Crippen LogP contribution is -2.23. The zero-order chi connectivity index (χ0) is 20.1. The molecular formula is C18H20N6O4. The maximum atomic E-state index is 11.4. The normalized spacial score (nSPS) is 16.1. The fraction of sp³-hybridized carbons (Fsp3) is 0.333. The summed E-state index contributed by atoms with van der Waals surface area (Å²) in [6.07, 6.45) is 5.94. The SMILES string of the molecule is Nc1ccc(N2CCCC2=O)cn1.O=C1CCCN1c1ccc([N+](=O)[O-])nc1. The van der Waals surface area contributed by atoms with Gasteiger partial charge in [0, 0.05) is 32.0 Å². The molecule has 0 bridgehead atoms. The molecule has 0 atom stereocenters. The van der Waals surface area contributed by atoms with Crippen molar-refractivity contribution >= 4 is 34.8 Å². The van der Waals surface area contributed by atoms with Crippen LogP contribution in [0.5, 0.6) is 0 Å². The van der Waals surface area contributed by atoms with Crippen LogP contribution in [0.15, 0.2) is 36.7 Å². The van der Waals surface area contributed by atoms with E-state index >= 15 is 0 Å². The van der Waals surface area contributed by atoms with Gasteiger partial charge in [-0.3, -0.25) is 9.59 Å². The standard InChI is InChI=1S/C9H9N3O3.C9H11N3O/c13-9-2-1-5-11(9)7-3-4-8(10-6-7)12(14)15;10-8-4-3-7(6-11-8)12-5-1-2-9(12)13/h3-4,6H,1-2,5H2;3-4,6H,1-2,5H2,(H2,10,11). The Labute approximate surface area is 161 Å². The minimum atomic E-state index is -0.560. The minimum Gasteiger partial charge on any atom is -0.384 e. The first-order valence-corrected chi connectivity index (χ1v) is 8.88. The molecule has 0 unspecified atom stereocenters. The number of aromatic nitrogens is 2. The molecule has 2 amide bonds. The Kier molecular flexibility index (Phi) is 5.78. The predicted octanol–water partition coefficient (Wildman–Crippen LogP) is 1.91. The summed E-state index contributed by atoms with van der Waals surface area (Å²) in [4.78, 5) is 43.4. The van der Waals surface area contributed by atoms with Crippen LogP contribution in [0, 0.1) is 10.1 Å². The molecule has 2 fully saturated rings. The van der Waals surface area contributed by atoms with Gasteiger partial charge in [-0.2, -0.15) is 0 Å². The first-order valence-electron chi connectivity index (χ1n) is 8.88. The summed E-state index contributed by atoms with van der Waals surface area (Å²) in [6.45, 7) is 1.46. The topological polar surface area (TPSA) is 136 Å². The van der Waals surface area contributed by atoms with E-state index in [1.165, 1.54) is 12.3 Å². The number of anilines is 3. The van der Waals surface area contributed by atoms with Crippen LogP contribution in [0.4, 0.5) is 23.0 Å². The quantitative estimate of drug-likeness (QED) is 0.630. The van der Waals surface area contributed by atoms with Gasteiger partial charge in [0.1, 0.15) is 5.82 Å². The van der Waals surface area contributed by atoms with Crippen LogP contribution in [-0.2, 0) is 9.59 Å². The van der Waals surface area contributed by atoms with Crippen LogP contribution in [-0.4, -0.2) is 39.8 Å². The van der Waals surface area contributed by atoms with Crippen LogP contribution in [0.25, 0.3) is 0 Å². The Hall–Kier alpha value is -3.56. The molecule has 28 heavy (non-hydrogen) atoms. The predicted molar refractivity (Wildman–Crippen MR) is 103 cm³/mol. The molecule has 2 aliphatic rings. The maximum absolute atomic E-state index is 11.4. The Morgan fingerprint density at radius 3 is 1.79 bits per heavy atom. The van der Waals surface area contributed by atoms with Crippen molar-refractivity contribution in [1.82, 2.24) is 9.97 Å². The lowest BCUT2D eigenvalue weighted by Gasteiger charge is -2.14. The number of amides is 2. The molecule has 146 valence electrons. The maximum Gasteiger partial charge on any atom is 0.363 e. The van der Waals surface area contributed by atoms with E-state index in [1.807, 2.05) is 6.07 Å². The summed E-state index contributed by atoms with van der Waals surface area (Å²) in [5.74, 6) is 0.498.